The fourth-order valence-electron chi connectivity index (χ4n) is 5.80. The molecule has 10 heteroatoms. The predicted molar refractivity (Wildman–Crippen MR) is 93.2 cm³/mol. The van der Waals surface area contributed by atoms with Crippen molar-refractivity contribution in [1.29, 1.82) is 0 Å². The average Bonchev–Trinajstić information content (AvgIpc) is 2.56. The first-order valence-electron chi connectivity index (χ1n) is 9.88. The Hall–Kier alpha value is -1.29. The molecule has 0 aromatic heterocycles. The quantitative estimate of drug-likeness (QED) is 0.379. The Bertz CT molecular complexity index is 698. The van der Waals surface area contributed by atoms with Gasteiger partial charge in [0.05, 0.1) is 5.60 Å². The minimum absolute atomic E-state index is 0.150. The topological polar surface area (TPSA) is 55.8 Å². The van der Waals surface area contributed by atoms with E-state index in [2.05, 4.69) is 6.58 Å². The van der Waals surface area contributed by atoms with Crippen molar-refractivity contribution in [3.63, 3.8) is 0 Å². The van der Waals surface area contributed by atoms with Crippen LogP contribution in [0.15, 0.2) is 12.2 Å². The Morgan fingerprint density at radius 2 is 1.53 bits per heavy atom. The zero-order valence-electron chi connectivity index (χ0n) is 17.0. The van der Waals surface area contributed by atoms with E-state index >= 15 is 0 Å². The number of carbonyl (C=O) groups is 1. The van der Waals surface area contributed by atoms with Gasteiger partial charge in [0.1, 0.15) is 11.7 Å². The fourth-order valence-corrected chi connectivity index (χ4v) is 5.80. The fraction of sp³-hybridized carbons (Fsp3) is 0.850. The summed E-state index contributed by atoms with van der Waals surface area (Å²) in [5.74, 6) is -1.20. The summed E-state index contributed by atoms with van der Waals surface area (Å²) in [5, 5.41) is 9.70. The second-order valence-corrected chi connectivity index (χ2v) is 9.40. The van der Waals surface area contributed by atoms with Crippen molar-refractivity contribution in [2.75, 3.05) is 0 Å². The van der Waals surface area contributed by atoms with Crippen LogP contribution in [0.2, 0.25) is 0 Å². The van der Waals surface area contributed by atoms with Gasteiger partial charge in [0.2, 0.25) is 0 Å². The molecule has 3 unspecified atom stereocenters. The van der Waals surface area contributed by atoms with E-state index in [0.29, 0.717) is 39.0 Å². The first-order valence-corrected chi connectivity index (χ1v) is 9.88. The number of hydrogen-bond acceptors (Lipinski definition) is 4. The largest absolute Gasteiger partial charge is 0.456 e. The number of aliphatic hydroxyl groups is 1. The standard InChI is InChI=1S/C20H26F6O4/c1-10(2)15(27)30-17-7-12-5-13(8-17)16(4,14(6-12)9-17)29-11(3)18(28,19(21,22)23)20(24,25)26/h11-14,28H,1,5-9H2,2-4H3. The Morgan fingerprint density at radius 3 is 1.93 bits per heavy atom. The maximum absolute atomic E-state index is 13.3. The Kier molecular flexibility index (Phi) is 5.34. The van der Waals surface area contributed by atoms with Gasteiger partial charge in [0, 0.05) is 5.57 Å². The van der Waals surface area contributed by atoms with Gasteiger partial charge in [-0.2, -0.15) is 26.3 Å². The van der Waals surface area contributed by atoms with Crippen molar-refractivity contribution >= 4 is 5.97 Å². The monoisotopic (exact) mass is 444 g/mol. The summed E-state index contributed by atoms with van der Waals surface area (Å²) in [4.78, 5) is 12.1. The Labute approximate surface area is 170 Å². The van der Waals surface area contributed by atoms with Gasteiger partial charge in [-0.15, -0.1) is 0 Å². The van der Waals surface area contributed by atoms with Crippen LogP contribution >= 0.6 is 0 Å². The summed E-state index contributed by atoms with van der Waals surface area (Å²) in [7, 11) is 0. The van der Waals surface area contributed by atoms with Gasteiger partial charge in [-0.1, -0.05) is 6.58 Å². The summed E-state index contributed by atoms with van der Waals surface area (Å²) in [6.45, 7) is 7.18. The van der Waals surface area contributed by atoms with Crippen molar-refractivity contribution in [1.82, 2.24) is 0 Å². The summed E-state index contributed by atoms with van der Waals surface area (Å²) < 4.78 is 90.7. The van der Waals surface area contributed by atoms with E-state index in [1.807, 2.05) is 0 Å². The smallest absolute Gasteiger partial charge is 0.428 e. The number of rotatable bonds is 5. The number of ether oxygens (including phenoxy) is 2. The highest BCUT2D eigenvalue weighted by molar-refractivity contribution is 5.87. The maximum Gasteiger partial charge on any atom is 0.428 e. The van der Waals surface area contributed by atoms with Gasteiger partial charge in [-0.25, -0.2) is 4.79 Å². The molecule has 0 aromatic rings. The van der Waals surface area contributed by atoms with Crippen molar-refractivity contribution in [3.8, 4) is 0 Å². The molecule has 4 rings (SSSR count). The third kappa shape index (κ3) is 3.43. The lowest BCUT2D eigenvalue weighted by Crippen LogP contribution is -2.69. The van der Waals surface area contributed by atoms with Crippen LogP contribution in [0.25, 0.3) is 0 Å². The van der Waals surface area contributed by atoms with Crippen LogP contribution in [-0.4, -0.2) is 46.3 Å². The molecular weight excluding hydrogens is 418 g/mol. The molecule has 0 aliphatic heterocycles. The third-order valence-corrected chi connectivity index (χ3v) is 7.30. The van der Waals surface area contributed by atoms with Crippen molar-refractivity contribution < 1.29 is 45.7 Å². The van der Waals surface area contributed by atoms with Gasteiger partial charge in [0.25, 0.3) is 5.60 Å². The van der Waals surface area contributed by atoms with Gasteiger partial charge >= 0.3 is 18.3 Å². The van der Waals surface area contributed by atoms with Gasteiger partial charge in [-0.05, 0) is 70.6 Å². The molecule has 4 fully saturated rings. The van der Waals surface area contributed by atoms with E-state index in [1.165, 1.54) is 13.8 Å². The zero-order chi connectivity index (χ0) is 22.9. The molecule has 0 aromatic carbocycles. The van der Waals surface area contributed by atoms with Crippen LogP contribution in [-0.2, 0) is 14.3 Å². The van der Waals surface area contributed by atoms with E-state index in [4.69, 9.17) is 9.47 Å². The molecule has 4 bridgehead atoms. The van der Waals surface area contributed by atoms with Crippen molar-refractivity contribution in [2.45, 2.75) is 88.1 Å². The molecule has 0 heterocycles. The van der Waals surface area contributed by atoms with Crippen LogP contribution in [0.1, 0.15) is 52.9 Å². The molecule has 0 amide bonds. The Balaban J connectivity index is 1.87. The predicted octanol–water partition coefficient (Wildman–Crippen LogP) is 4.70. The maximum atomic E-state index is 13.3. The second kappa shape index (κ2) is 6.85. The highest BCUT2D eigenvalue weighted by Crippen LogP contribution is 2.63. The first kappa shape index (κ1) is 23.4. The minimum Gasteiger partial charge on any atom is -0.456 e. The number of halogens is 6. The number of esters is 1. The Morgan fingerprint density at radius 1 is 1.07 bits per heavy atom. The molecule has 0 radical (unpaired) electrons. The molecule has 0 saturated heterocycles. The summed E-state index contributed by atoms with van der Waals surface area (Å²) >= 11 is 0. The van der Waals surface area contributed by atoms with E-state index < -0.39 is 53.1 Å². The normalized spacial score (nSPS) is 37.2. The van der Waals surface area contributed by atoms with E-state index in [1.54, 1.807) is 0 Å². The molecular formula is C20H26F6O4. The SMILES string of the molecule is C=C(C)C(=O)OC12CC3CC(C1)C(C)(OC(C)C(O)(C(F)(F)F)C(F)(F)F)C(C3)C2. The van der Waals surface area contributed by atoms with E-state index in [-0.39, 0.29) is 11.5 Å². The lowest BCUT2D eigenvalue weighted by Gasteiger charge is -2.64. The molecule has 4 aliphatic rings. The molecule has 4 saturated carbocycles. The van der Waals surface area contributed by atoms with Crippen LogP contribution < -0.4 is 0 Å². The van der Waals surface area contributed by atoms with Crippen LogP contribution in [0.3, 0.4) is 0 Å². The van der Waals surface area contributed by atoms with Gasteiger partial charge in [-0.3, -0.25) is 0 Å². The summed E-state index contributed by atoms with van der Waals surface area (Å²) in [6.07, 6.45) is -12.2. The number of carbonyl (C=O) groups excluding carboxylic acids is 1. The van der Waals surface area contributed by atoms with E-state index in [9.17, 15) is 36.2 Å². The molecule has 4 nitrogen and oxygen atoms in total. The molecule has 172 valence electrons. The minimum atomic E-state index is -5.95. The number of alkyl halides is 6. The van der Waals surface area contributed by atoms with Crippen LogP contribution in [0, 0.1) is 17.8 Å². The average molecular weight is 444 g/mol. The van der Waals surface area contributed by atoms with Crippen molar-refractivity contribution in [3.05, 3.63) is 12.2 Å². The van der Waals surface area contributed by atoms with Gasteiger partial charge in [0.15, 0.2) is 0 Å². The van der Waals surface area contributed by atoms with Crippen LogP contribution in [0.4, 0.5) is 26.3 Å². The van der Waals surface area contributed by atoms with Crippen molar-refractivity contribution in [2.24, 2.45) is 17.8 Å². The lowest BCUT2D eigenvalue weighted by molar-refractivity contribution is -0.405. The second-order valence-electron chi connectivity index (χ2n) is 9.40. The number of hydrogen-bond donors (Lipinski definition) is 1. The molecule has 1 N–H and O–H groups in total. The lowest BCUT2D eigenvalue weighted by atomic mass is 9.48. The first-order chi connectivity index (χ1) is 13.5. The van der Waals surface area contributed by atoms with Gasteiger partial charge < -0.3 is 14.6 Å². The van der Waals surface area contributed by atoms with Crippen LogP contribution in [0.5, 0.6) is 0 Å². The van der Waals surface area contributed by atoms with E-state index in [0.717, 1.165) is 0 Å². The third-order valence-electron chi connectivity index (χ3n) is 7.30. The molecule has 4 aliphatic carbocycles. The summed E-state index contributed by atoms with van der Waals surface area (Å²) in [5.41, 5.74) is -6.87. The zero-order valence-corrected chi connectivity index (χ0v) is 17.0. The molecule has 3 atom stereocenters. The highest BCUT2D eigenvalue weighted by atomic mass is 19.4. The molecule has 30 heavy (non-hydrogen) atoms. The highest BCUT2D eigenvalue weighted by Gasteiger charge is 2.75. The summed E-state index contributed by atoms with van der Waals surface area (Å²) in [6, 6.07) is 0. The molecule has 0 spiro atoms.